The Labute approximate surface area is 366 Å². The van der Waals surface area contributed by atoms with Gasteiger partial charge in [0.15, 0.2) is 24.3 Å². The third kappa shape index (κ3) is 14.6. The van der Waals surface area contributed by atoms with Crippen molar-refractivity contribution >= 4 is 36.1 Å². The summed E-state index contributed by atoms with van der Waals surface area (Å²) < 4.78 is 55.2. The molecule has 62 heavy (non-hydrogen) atoms. The van der Waals surface area contributed by atoms with Crippen molar-refractivity contribution in [3.8, 4) is 0 Å². The van der Waals surface area contributed by atoms with E-state index in [0.29, 0.717) is 13.1 Å². The van der Waals surface area contributed by atoms with Gasteiger partial charge in [-0.2, -0.15) is 0 Å². The molecule has 19 heteroatoms. The lowest BCUT2D eigenvalue weighted by atomic mass is 9.82. The van der Waals surface area contributed by atoms with Crippen LogP contribution in [0.4, 0.5) is 0 Å². The second kappa shape index (κ2) is 24.1. The number of aldehydes is 1. The van der Waals surface area contributed by atoms with Crippen LogP contribution in [0.3, 0.4) is 0 Å². The summed E-state index contributed by atoms with van der Waals surface area (Å²) in [5, 5.41) is 15.2. The Morgan fingerprint density at radius 3 is 2.11 bits per heavy atom. The SMILES string of the molecule is CCC(=O)O[C@@H]1CC(=O)N[C@@H](C)CN(C)C[C@H](OC(C)=O)[C@H](C)C[C@H](CC=O)[C@H](O[C@@H]2OC(C)[C@H](O[C@H]3CC(C)(OC(C)=O)[C@@H](OC(=O)CC)C(C)O3)C(N(C)C)C2O)[C@H]1OC. The predicted molar refractivity (Wildman–Crippen MR) is 221 cm³/mol. The van der Waals surface area contributed by atoms with Crippen LogP contribution >= 0.6 is 0 Å². The fourth-order valence-electron chi connectivity index (χ4n) is 9.00. The number of nitrogens with zero attached hydrogens (tertiary/aromatic N) is 2. The lowest BCUT2D eigenvalue weighted by Gasteiger charge is -2.50. The molecular formula is C43H73N3O16. The standard InChI is InChI=1S/C43H73N3O16/c1-14-33(51)58-30-19-32(50)44-24(4)21-46(12)22-31(57-27(7)48)23(3)18-29(16-17-47)39(40(30)54-13)61-42-37(53)36(45(10)11)38(25(5)56-42)60-35-20-43(9,62-28(8)49)41(26(6)55-35)59-34(52)15-2/h17,23-26,29-31,35-42,53H,14-16,18-22H2,1-13H3,(H,44,50)/t23-,24+,25?,26?,29+,30-,31+,35+,36?,37?,38+,39+,40+,41+,42+,43?/m1/s1. The van der Waals surface area contributed by atoms with E-state index in [0.717, 1.165) is 6.29 Å². The molecule has 16 atom stereocenters. The summed E-state index contributed by atoms with van der Waals surface area (Å²) in [5.74, 6) is -3.63. The van der Waals surface area contributed by atoms with Crippen molar-refractivity contribution in [2.75, 3.05) is 41.3 Å². The number of aliphatic hydroxyl groups excluding tert-OH is 1. The highest BCUT2D eigenvalue weighted by Crippen LogP contribution is 2.39. The number of rotatable bonds is 14. The van der Waals surface area contributed by atoms with Crippen LogP contribution in [0.25, 0.3) is 0 Å². The molecule has 0 bridgehead atoms. The average Bonchev–Trinajstić information content (AvgIpc) is 3.16. The van der Waals surface area contributed by atoms with Gasteiger partial charge in [0.1, 0.15) is 36.8 Å². The first kappa shape index (κ1) is 53.0. The van der Waals surface area contributed by atoms with E-state index in [9.17, 15) is 33.9 Å². The van der Waals surface area contributed by atoms with Crippen LogP contribution in [0, 0.1) is 11.8 Å². The minimum Gasteiger partial charge on any atom is -0.461 e. The van der Waals surface area contributed by atoms with Crippen LogP contribution in [0.2, 0.25) is 0 Å². The zero-order valence-electron chi connectivity index (χ0n) is 38.9. The summed E-state index contributed by atoms with van der Waals surface area (Å²) in [7, 11) is 6.72. The Kier molecular flexibility index (Phi) is 20.6. The van der Waals surface area contributed by atoms with Gasteiger partial charge in [0.2, 0.25) is 5.91 Å². The average molecular weight is 888 g/mol. The summed E-state index contributed by atoms with van der Waals surface area (Å²) in [6.07, 6.45) is -10.6. The van der Waals surface area contributed by atoms with Gasteiger partial charge in [-0.3, -0.25) is 24.0 Å². The minimum absolute atomic E-state index is 0.00205. The molecule has 3 aliphatic heterocycles. The van der Waals surface area contributed by atoms with Crippen molar-refractivity contribution in [2.45, 2.75) is 186 Å². The number of nitrogens with one attached hydrogen (secondary N) is 1. The first-order valence-electron chi connectivity index (χ1n) is 21.7. The van der Waals surface area contributed by atoms with Crippen LogP contribution < -0.4 is 5.32 Å². The van der Waals surface area contributed by atoms with Crippen LogP contribution in [0.1, 0.15) is 101 Å². The van der Waals surface area contributed by atoms with E-state index in [1.807, 2.05) is 25.8 Å². The Bertz CT molecular complexity index is 1500. The Balaban J connectivity index is 2.07. The maximum atomic E-state index is 13.6. The number of carbonyl (C=O) groups is 6. The fraction of sp³-hybridized carbons (Fsp3) is 0.860. The summed E-state index contributed by atoms with van der Waals surface area (Å²) in [6, 6.07) is -1.16. The van der Waals surface area contributed by atoms with E-state index in [1.165, 1.54) is 21.0 Å². The number of amides is 1. The van der Waals surface area contributed by atoms with Gasteiger partial charge in [-0.05, 0) is 67.1 Å². The van der Waals surface area contributed by atoms with Crippen LogP contribution in [0.5, 0.6) is 0 Å². The first-order valence-corrected chi connectivity index (χ1v) is 21.7. The smallest absolute Gasteiger partial charge is 0.306 e. The normalized spacial score (nSPS) is 37.9. The molecule has 3 aliphatic rings. The topological polar surface area (TPSA) is 224 Å². The van der Waals surface area contributed by atoms with Crippen LogP contribution in [-0.2, 0) is 71.4 Å². The molecule has 3 saturated heterocycles. The molecule has 3 rings (SSSR count). The number of aliphatic hydroxyl groups is 1. The van der Waals surface area contributed by atoms with Gasteiger partial charge in [-0.1, -0.05) is 20.8 Å². The zero-order chi connectivity index (χ0) is 46.6. The summed E-state index contributed by atoms with van der Waals surface area (Å²) in [5.41, 5.74) is -1.32. The number of likely N-dealkylation sites (N-methyl/N-ethyl adjacent to an activating group) is 2. The second-order valence-electron chi connectivity index (χ2n) is 17.5. The molecule has 2 N–H and O–H groups in total. The summed E-state index contributed by atoms with van der Waals surface area (Å²) >= 11 is 0. The van der Waals surface area contributed by atoms with Crippen molar-refractivity contribution in [1.29, 1.82) is 0 Å². The second-order valence-corrected chi connectivity index (χ2v) is 17.5. The maximum Gasteiger partial charge on any atom is 0.306 e. The third-order valence-corrected chi connectivity index (χ3v) is 11.8. The number of hydrogen-bond acceptors (Lipinski definition) is 18. The van der Waals surface area contributed by atoms with Crippen molar-refractivity contribution < 1.29 is 76.5 Å². The quantitative estimate of drug-likeness (QED) is 0.144. The van der Waals surface area contributed by atoms with Gasteiger partial charge < -0.3 is 67.6 Å². The lowest BCUT2D eigenvalue weighted by Crippen LogP contribution is -2.66. The van der Waals surface area contributed by atoms with Crippen molar-refractivity contribution in [2.24, 2.45) is 11.8 Å². The highest BCUT2D eigenvalue weighted by molar-refractivity contribution is 5.77. The number of methoxy groups -OCH3 is 1. The molecule has 0 spiro atoms. The molecule has 0 aliphatic carbocycles. The molecular weight excluding hydrogens is 814 g/mol. The molecule has 1 amide bonds. The third-order valence-electron chi connectivity index (χ3n) is 11.8. The van der Waals surface area contributed by atoms with Crippen LogP contribution in [0.15, 0.2) is 0 Å². The largest absolute Gasteiger partial charge is 0.461 e. The van der Waals surface area contributed by atoms with E-state index in [2.05, 4.69) is 5.32 Å². The van der Waals surface area contributed by atoms with E-state index in [4.69, 9.17) is 42.6 Å². The monoisotopic (exact) mass is 887 g/mol. The Morgan fingerprint density at radius 1 is 0.903 bits per heavy atom. The molecule has 0 aromatic heterocycles. The van der Waals surface area contributed by atoms with Gasteiger partial charge in [-0.25, -0.2) is 0 Å². The van der Waals surface area contributed by atoms with Crippen molar-refractivity contribution in [3.63, 3.8) is 0 Å². The number of hydrogen-bond donors (Lipinski definition) is 2. The molecule has 3 fully saturated rings. The van der Waals surface area contributed by atoms with Gasteiger partial charge in [0, 0.05) is 65.8 Å². The molecule has 0 radical (unpaired) electrons. The van der Waals surface area contributed by atoms with Crippen LogP contribution in [-0.4, -0.2) is 178 Å². The summed E-state index contributed by atoms with van der Waals surface area (Å²) in [6.45, 7) is 15.4. The van der Waals surface area contributed by atoms with Gasteiger partial charge in [0.25, 0.3) is 0 Å². The Hall–Kier alpha value is -3.30. The molecule has 5 unspecified atom stereocenters. The van der Waals surface area contributed by atoms with Gasteiger partial charge >= 0.3 is 23.9 Å². The highest BCUT2D eigenvalue weighted by Gasteiger charge is 2.54. The molecule has 0 aromatic rings. The summed E-state index contributed by atoms with van der Waals surface area (Å²) in [4.78, 5) is 79.8. The lowest BCUT2D eigenvalue weighted by molar-refractivity contribution is -0.344. The maximum absolute atomic E-state index is 13.6. The molecule has 356 valence electrons. The molecule has 0 saturated carbocycles. The van der Waals surface area contributed by atoms with E-state index in [-0.39, 0.29) is 50.5 Å². The van der Waals surface area contributed by atoms with Gasteiger partial charge in [-0.15, -0.1) is 0 Å². The van der Waals surface area contributed by atoms with Crippen molar-refractivity contribution in [3.05, 3.63) is 0 Å². The van der Waals surface area contributed by atoms with E-state index < -0.39 is 115 Å². The van der Waals surface area contributed by atoms with Crippen molar-refractivity contribution in [1.82, 2.24) is 15.1 Å². The first-order chi connectivity index (χ1) is 29.1. The minimum atomic E-state index is -1.42. The Morgan fingerprint density at radius 2 is 1.55 bits per heavy atom. The highest BCUT2D eigenvalue weighted by atomic mass is 16.7. The predicted octanol–water partition coefficient (Wildman–Crippen LogP) is 1.91. The molecule has 3 heterocycles. The molecule has 0 aromatic carbocycles. The zero-order valence-corrected chi connectivity index (χ0v) is 38.9. The van der Waals surface area contributed by atoms with E-state index >= 15 is 0 Å². The number of ether oxygens (including phenoxy) is 9. The number of carbonyl (C=O) groups excluding carboxylic acids is 6. The fourth-order valence-corrected chi connectivity index (χ4v) is 9.00. The van der Waals surface area contributed by atoms with Gasteiger partial charge in [0.05, 0.1) is 30.8 Å². The number of esters is 4. The molecule has 19 nitrogen and oxygen atoms in total. The van der Waals surface area contributed by atoms with E-state index in [1.54, 1.807) is 53.6 Å².